The Labute approximate surface area is 194 Å². The molecule has 3 aliphatic rings. The van der Waals surface area contributed by atoms with Gasteiger partial charge < -0.3 is 24.8 Å². The van der Waals surface area contributed by atoms with Gasteiger partial charge in [-0.25, -0.2) is 14.4 Å². The number of likely N-dealkylation sites (tertiary alicyclic amines) is 1. The topological polar surface area (TPSA) is 101 Å². The van der Waals surface area contributed by atoms with Crippen LogP contribution in [0.2, 0.25) is 0 Å². The average molecular weight is 465 g/mol. The van der Waals surface area contributed by atoms with Crippen molar-refractivity contribution in [2.45, 2.75) is 37.9 Å². The first-order valence-electron chi connectivity index (χ1n) is 11.6. The number of fused-ring (bicyclic) bond motifs is 1. The van der Waals surface area contributed by atoms with Crippen molar-refractivity contribution < 1.29 is 13.9 Å². The summed E-state index contributed by atoms with van der Waals surface area (Å²) in [5, 5.41) is 6.30. The molecule has 176 valence electrons. The van der Waals surface area contributed by atoms with Crippen molar-refractivity contribution in [3.63, 3.8) is 0 Å². The zero-order valence-corrected chi connectivity index (χ0v) is 18.6. The monoisotopic (exact) mass is 464 g/mol. The van der Waals surface area contributed by atoms with E-state index in [4.69, 9.17) is 4.74 Å². The van der Waals surface area contributed by atoms with Gasteiger partial charge in [0.15, 0.2) is 18.2 Å². The SMILES string of the molecule is O=C1COc2ccc(CNC3CCN(CC4Cn5c(=O)cnc6ccc(F)c4c65)CC3)nc2N1. The number of benzene rings is 1. The first-order valence-corrected chi connectivity index (χ1v) is 11.6. The zero-order chi connectivity index (χ0) is 23.2. The summed E-state index contributed by atoms with van der Waals surface area (Å²) in [6.45, 7) is 3.64. The van der Waals surface area contributed by atoms with Crippen molar-refractivity contribution in [3.8, 4) is 5.75 Å². The highest BCUT2D eigenvalue weighted by molar-refractivity contribution is 5.94. The van der Waals surface area contributed by atoms with Gasteiger partial charge in [0.05, 0.1) is 22.9 Å². The molecule has 2 aromatic heterocycles. The number of carbonyl (C=O) groups excluding carboxylic acids is 1. The van der Waals surface area contributed by atoms with E-state index in [9.17, 15) is 14.0 Å². The molecule has 0 bridgehead atoms. The molecule has 1 unspecified atom stereocenters. The van der Waals surface area contributed by atoms with E-state index in [1.165, 1.54) is 12.3 Å². The van der Waals surface area contributed by atoms with Crippen LogP contribution >= 0.6 is 0 Å². The van der Waals surface area contributed by atoms with Gasteiger partial charge in [-0.3, -0.25) is 9.59 Å². The Bertz CT molecular complexity index is 1330. The largest absolute Gasteiger partial charge is 0.480 e. The predicted octanol–water partition coefficient (Wildman–Crippen LogP) is 1.61. The van der Waals surface area contributed by atoms with Crippen LogP contribution in [0.5, 0.6) is 5.75 Å². The second-order valence-electron chi connectivity index (χ2n) is 9.17. The van der Waals surface area contributed by atoms with Gasteiger partial charge in [-0.15, -0.1) is 0 Å². The number of aromatic nitrogens is 3. The fourth-order valence-corrected chi connectivity index (χ4v) is 5.28. The zero-order valence-electron chi connectivity index (χ0n) is 18.6. The number of halogens is 1. The molecule has 10 heteroatoms. The van der Waals surface area contributed by atoms with Crippen molar-refractivity contribution in [3.05, 3.63) is 57.9 Å². The molecule has 3 aliphatic heterocycles. The Morgan fingerprint density at radius 1 is 1.18 bits per heavy atom. The first-order chi connectivity index (χ1) is 16.5. The van der Waals surface area contributed by atoms with Crippen LogP contribution in [0.4, 0.5) is 10.2 Å². The van der Waals surface area contributed by atoms with Gasteiger partial charge in [-0.2, -0.15) is 0 Å². The number of nitrogens with one attached hydrogen (secondary N) is 2. The fourth-order valence-electron chi connectivity index (χ4n) is 5.28. The second-order valence-corrected chi connectivity index (χ2v) is 9.17. The maximum Gasteiger partial charge on any atom is 0.269 e. The molecular formula is C24H25FN6O3. The molecule has 2 N–H and O–H groups in total. The van der Waals surface area contributed by atoms with Crippen LogP contribution < -0.4 is 20.9 Å². The number of amides is 1. The highest BCUT2D eigenvalue weighted by Gasteiger charge is 2.31. The summed E-state index contributed by atoms with van der Waals surface area (Å²) in [4.78, 5) is 34.8. The van der Waals surface area contributed by atoms with Crippen LogP contribution in [0.1, 0.15) is 30.0 Å². The van der Waals surface area contributed by atoms with Crippen molar-refractivity contribution in [1.29, 1.82) is 0 Å². The Balaban J connectivity index is 1.06. The van der Waals surface area contributed by atoms with E-state index in [1.807, 2.05) is 12.1 Å². The third kappa shape index (κ3) is 3.82. The van der Waals surface area contributed by atoms with Gasteiger partial charge in [0, 0.05) is 37.2 Å². The maximum absolute atomic E-state index is 14.7. The molecule has 0 radical (unpaired) electrons. The number of nitrogens with zero attached hydrogens (tertiary/aromatic N) is 4. The minimum Gasteiger partial charge on any atom is -0.480 e. The lowest BCUT2D eigenvalue weighted by Crippen LogP contribution is -2.43. The van der Waals surface area contributed by atoms with Gasteiger partial charge in [0.1, 0.15) is 5.82 Å². The van der Waals surface area contributed by atoms with E-state index in [0.717, 1.165) is 38.2 Å². The van der Waals surface area contributed by atoms with Crippen LogP contribution in [0.25, 0.3) is 11.0 Å². The average Bonchev–Trinajstić information content (AvgIpc) is 3.23. The van der Waals surface area contributed by atoms with E-state index in [1.54, 1.807) is 10.6 Å². The van der Waals surface area contributed by atoms with Gasteiger partial charge in [0.2, 0.25) is 0 Å². The molecule has 3 aromatic rings. The highest BCUT2D eigenvalue weighted by atomic mass is 19.1. The number of hydrogen-bond acceptors (Lipinski definition) is 7. The normalized spacial score (nSPS) is 20.3. The molecule has 1 fully saturated rings. The predicted molar refractivity (Wildman–Crippen MR) is 123 cm³/mol. The lowest BCUT2D eigenvalue weighted by atomic mass is 9.97. The van der Waals surface area contributed by atoms with Gasteiger partial charge in [0.25, 0.3) is 11.5 Å². The van der Waals surface area contributed by atoms with Crippen LogP contribution in [0.15, 0.2) is 35.3 Å². The molecule has 0 aliphatic carbocycles. The quantitative estimate of drug-likeness (QED) is 0.592. The summed E-state index contributed by atoms with van der Waals surface area (Å²) >= 11 is 0. The summed E-state index contributed by atoms with van der Waals surface area (Å²) in [6.07, 6.45) is 3.26. The fraction of sp³-hybridized carbons (Fsp3) is 0.417. The minimum absolute atomic E-state index is 0.0210. The van der Waals surface area contributed by atoms with Crippen LogP contribution in [0.3, 0.4) is 0 Å². The Morgan fingerprint density at radius 3 is 2.88 bits per heavy atom. The molecule has 9 nitrogen and oxygen atoms in total. The van der Waals surface area contributed by atoms with Crippen LogP contribution in [-0.4, -0.2) is 57.6 Å². The third-order valence-corrected chi connectivity index (χ3v) is 6.97. The number of rotatable bonds is 5. The molecule has 34 heavy (non-hydrogen) atoms. The van der Waals surface area contributed by atoms with Crippen molar-refractivity contribution in [2.75, 3.05) is 31.6 Å². The van der Waals surface area contributed by atoms with E-state index < -0.39 is 0 Å². The molecular weight excluding hydrogens is 439 g/mol. The molecule has 5 heterocycles. The summed E-state index contributed by atoms with van der Waals surface area (Å²) in [7, 11) is 0. The van der Waals surface area contributed by atoms with Gasteiger partial charge in [-0.1, -0.05) is 0 Å². The molecule has 1 atom stereocenters. The van der Waals surface area contributed by atoms with Crippen molar-refractivity contribution in [2.24, 2.45) is 0 Å². The lowest BCUT2D eigenvalue weighted by molar-refractivity contribution is -0.118. The smallest absolute Gasteiger partial charge is 0.269 e. The van der Waals surface area contributed by atoms with Crippen LogP contribution in [0, 0.1) is 5.82 Å². The molecule has 1 saturated heterocycles. The third-order valence-electron chi connectivity index (χ3n) is 6.97. The summed E-state index contributed by atoms with van der Waals surface area (Å²) < 4.78 is 21.8. The summed E-state index contributed by atoms with van der Waals surface area (Å²) in [5.41, 5.74) is 2.61. The standard InChI is InChI=1S/C24H25FN6O3/c25-17-2-3-18-23-22(17)14(12-31(23)21(33)10-27-18)11-30-7-5-15(6-8-30)26-9-16-1-4-19-24(28-16)29-20(32)13-34-19/h1-4,10,14-15,26H,5-9,11-13H2,(H,28,29,32). The maximum atomic E-state index is 14.7. The number of hydrogen-bond donors (Lipinski definition) is 2. The van der Waals surface area contributed by atoms with E-state index in [0.29, 0.717) is 47.3 Å². The molecule has 1 aromatic carbocycles. The number of ether oxygens (including phenoxy) is 1. The summed E-state index contributed by atoms with van der Waals surface area (Å²) in [6, 6.07) is 7.19. The Morgan fingerprint density at radius 2 is 2.03 bits per heavy atom. The number of pyridine rings is 1. The van der Waals surface area contributed by atoms with Gasteiger partial charge in [-0.05, 0) is 50.2 Å². The first kappa shape index (κ1) is 21.2. The minimum atomic E-state index is -0.258. The lowest BCUT2D eigenvalue weighted by Gasteiger charge is -2.34. The Kier molecular flexibility index (Phi) is 5.26. The molecule has 6 rings (SSSR count). The molecule has 0 spiro atoms. The molecule has 0 saturated carbocycles. The number of piperidine rings is 1. The van der Waals surface area contributed by atoms with E-state index in [2.05, 4.69) is 25.5 Å². The van der Waals surface area contributed by atoms with E-state index >= 15 is 0 Å². The van der Waals surface area contributed by atoms with Gasteiger partial charge >= 0.3 is 0 Å². The number of anilines is 1. The van der Waals surface area contributed by atoms with Crippen molar-refractivity contribution in [1.82, 2.24) is 24.8 Å². The van der Waals surface area contributed by atoms with E-state index in [-0.39, 0.29) is 29.8 Å². The molecule has 1 amide bonds. The number of carbonyl (C=O) groups is 1. The van der Waals surface area contributed by atoms with Crippen LogP contribution in [-0.2, 0) is 17.9 Å². The Hall–Kier alpha value is -3.37. The highest BCUT2D eigenvalue weighted by Crippen LogP contribution is 2.35. The van der Waals surface area contributed by atoms with Crippen molar-refractivity contribution >= 4 is 22.8 Å². The second kappa shape index (κ2) is 8.44. The summed E-state index contributed by atoms with van der Waals surface area (Å²) in [5.74, 6) is 0.560.